The highest BCUT2D eigenvalue weighted by Crippen LogP contribution is 2.23. The van der Waals surface area contributed by atoms with Crippen molar-refractivity contribution < 1.29 is 4.74 Å². The van der Waals surface area contributed by atoms with Crippen molar-refractivity contribution in [2.45, 2.75) is 39.8 Å². The fraction of sp³-hybridized carbons (Fsp3) is 0.321. The van der Waals surface area contributed by atoms with Crippen LogP contribution in [-0.4, -0.2) is 22.6 Å². The van der Waals surface area contributed by atoms with Gasteiger partial charge in [-0.2, -0.15) is 0 Å². The number of halogens is 1. The summed E-state index contributed by atoms with van der Waals surface area (Å²) in [6, 6.07) is 24.5. The summed E-state index contributed by atoms with van der Waals surface area (Å²) in [4.78, 5) is 4.93. The Balaban J connectivity index is 1.36. The predicted octanol–water partition coefficient (Wildman–Crippen LogP) is 6.44. The molecule has 1 aromatic heterocycles. The molecule has 0 aliphatic rings. The van der Waals surface area contributed by atoms with Crippen LogP contribution in [0.3, 0.4) is 0 Å². The first-order valence-corrected chi connectivity index (χ1v) is 12.1. The molecule has 33 heavy (non-hydrogen) atoms. The molecule has 1 unspecified atom stereocenters. The van der Waals surface area contributed by atoms with Gasteiger partial charge >= 0.3 is 0 Å². The second kappa shape index (κ2) is 11.4. The fourth-order valence-corrected chi connectivity index (χ4v) is 4.18. The zero-order valence-corrected chi connectivity index (χ0v) is 20.2. The molecule has 1 N–H and O–H groups in total. The van der Waals surface area contributed by atoms with Gasteiger partial charge in [0.25, 0.3) is 0 Å². The molecule has 3 aromatic carbocycles. The van der Waals surface area contributed by atoms with E-state index in [9.17, 15) is 0 Å². The smallest absolute Gasteiger partial charge is 0.148 e. The van der Waals surface area contributed by atoms with Crippen LogP contribution in [0, 0.1) is 12.8 Å². The highest BCUT2D eigenvalue weighted by molar-refractivity contribution is 6.30. The summed E-state index contributed by atoms with van der Waals surface area (Å²) in [7, 11) is 0. The van der Waals surface area contributed by atoms with E-state index in [0.29, 0.717) is 17.5 Å². The Kier molecular flexibility index (Phi) is 8.03. The van der Waals surface area contributed by atoms with E-state index < -0.39 is 0 Å². The van der Waals surface area contributed by atoms with Crippen molar-refractivity contribution in [3.8, 4) is 5.75 Å². The first-order valence-electron chi connectivity index (χ1n) is 11.7. The standard InChI is InChI=1S/C28H32ClN3O/c1-21(19-30-17-15-23-8-4-3-5-9-23)16-18-32-26-10-6-7-22(2)28(26)31-27(32)20-33-25-13-11-24(29)12-14-25/h3-14,21,30H,15-20H2,1-2H3. The van der Waals surface area contributed by atoms with Crippen molar-refractivity contribution in [3.05, 3.63) is 94.8 Å². The highest BCUT2D eigenvalue weighted by Gasteiger charge is 2.14. The normalized spacial score (nSPS) is 12.2. The lowest BCUT2D eigenvalue weighted by atomic mass is 10.1. The van der Waals surface area contributed by atoms with Crippen LogP contribution >= 0.6 is 11.6 Å². The van der Waals surface area contributed by atoms with Gasteiger partial charge in [-0.25, -0.2) is 4.98 Å². The van der Waals surface area contributed by atoms with E-state index in [0.717, 1.165) is 49.6 Å². The van der Waals surface area contributed by atoms with Crippen LogP contribution in [0.1, 0.15) is 30.3 Å². The van der Waals surface area contributed by atoms with Crippen molar-refractivity contribution in [1.82, 2.24) is 14.9 Å². The zero-order valence-electron chi connectivity index (χ0n) is 19.4. The maximum Gasteiger partial charge on any atom is 0.148 e. The minimum atomic E-state index is 0.430. The lowest BCUT2D eigenvalue weighted by molar-refractivity contribution is 0.288. The van der Waals surface area contributed by atoms with Gasteiger partial charge in [0.15, 0.2) is 0 Å². The van der Waals surface area contributed by atoms with E-state index >= 15 is 0 Å². The molecule has 0 saturated carbocycles. The Bertz CT molecular complexity index is 1160. The van der Waals surface area contributed by atoms with Crippen molar-refractivity contribution in [1.29, 1.82) is 0 Å². The second-order valence-corrected chi connectivity index (χ2v) is 9.13. The third-order valence-corrected chi connectivity index (χ3v) is 6.26. The van der Waals surface area contributed by atoms with Crippen molar-refractivity contribution in [2.24, 2.45) is 5.92 Å². The maximum absolute atomic E-state index is 6.03. The van der Waals surface area contributed by atoms with Crippen LogP contribution in [0.4, 0.5) is 0 Å². The molecule has 1 heterocycles. The molecule has 0 spiro atoms. The summed E-state index contributed by atoms with van der Waals surface area (Å²) in [5.41, 5.74) is 4.80. The third kappa shape index (κ3) is 6.37. The first kappa shape index (κ1) is 23.3. The van der Waals surface area contributed by atoms with Gasteiger partial charge in [0.1, 0.15) is 18.2 Å². The number of ether oxygens (including phenoxy) is 1. The third-order valence-electron chi connectivity index (χ3n) is 6.01. The number of fused-ring (bicyclic) bond motifs is 1. The zero-order chi connectivity index (χ0) is 23.0. The van der Waals surface area contributed by atoms with E-state index in [1.54, 1.807) is 0 Å². The Labute approximate surface area is 201 Å². The minimum absolute atomic E-state index is 0.430. The van der Waals surface area contributed by atoms with Crippen molar-refractivity contribution in [3.63, 3.8) is 0 Å². The molecule has 172 valence electrons. The Morgan fingerprint density at radius 2 is 1.79 bits per heavy atom. The summed E-state index contributed by atoms with van der Waals surface area (Å²) in [5, 5.41) is 4.32. The monoisotopic (exact) mass is 461 g/mol. The van der Waals surface area contributed by atoms with E-state index in [1.165, 1.54) is 16.6 Å². The number of hydrogen-bond donors (Lipinski definition) is 1. The Morgan fingerprint density at radius 1 is 1.00 bits per heavy atom. The predicted molar refractivity (Wildman–Crippen MR) is 137 cm³/mol. The molecular formula is C28H32ClN3O. The average Bonchev–Trinajstić information content (AvgIpc) is 3.19. The number of hydrogen-bond acceptors (Lipinski definition) is 3. The van der Waals surface area contributed by atoms with Gasteiger partial charge in [0, 0.05) is 11.6 Å². The Morgan fingerprint density at radius 3 is 2.58 bits per heavy atom. The van der Waals surface area contributed by atoms with E-state index in [2.05, 4.69) is 72.3 Å². The molecule has 0 aliphatic carbocycles. The van der Waals surface area contributed by atoms with Crippen LogP contribution in [0.15, 0.2) is 72.8 Å². The van der Waals surface area contributed by atoms with Gasteiger partial charge < -0.3 is 14.6 Å². The molecule has 0 bridgehead atoms. The van der Waals surface area contributed by atoms with Crippen LogP contribution < -0.4 is 10.1 Å². The minimum Gasteiger partial charge on any atom is -0.486 e. The number of rotatable bonds is 11. The maximum atomic E-state index is 6.03. The molecule has 4 nitrogen and oxygen atoms in total. The molecule has 1 atom stereocenters. The van der Waals surface area contributed by atoms with Gasteiger partial charge in [-0.3, -0.25) is 0 Å². The number of aryl methyl sites for hydroxylation is 2. The quantitative estimate of drug-likeness (QED) is 0.261. The van der Waals surface area contributed by atoms with E-state index in [-0.39, 0.29) is 0 Å². The summed E-state index contributed by atoms with van der Waals surface area (Å²) in [5.74, 6) is 2.32. The highest BCUT2D eigenvalue weighted by atomic mass is 35.5. The molecule has 0 fully saturated rings. The number of nitrogens with zero attached hydrogens (tertiary/aromatic N) is 2. The molecule has 0 amide bonds. The number of aromatic nitrogens is 2. The van der Waals surface area contributed by atoms with Crippen LogP contribution in [0.25, 0.3) is 11.0 Å². The van der Waals surface area contributed by atoms with Gasteiger partial charge in [0.2, 0.25) is 0 Å². The molecule has 4 aromatic rings. The Hall–Kier alpha value is -2.82. The number of benzene rings is 3. The van der Waals surface area contributed by atoms with Gasteiger partial charge in [-0.05, 0) is 80.2 Å². The molecule has 4 rings (SSSR count). The lowest BCUT2D eigenvalue weighted by Crippen LogP contribution is -2.24. The van der Waals surface area contributed by atoms with Gasteiger partial charge in [0.05, 0.1) is 11.0 Å². The largest absolute Gasteiger partial charge is 0.486 e. The summed E-state index contributed by atoms with van der Waals surface area (Å²) >= 11 is 6.00. The molecule has 5 heteroatoms. The van der Waals surface area contributed by atoms with E-state index in [1.807, 2.05) is 24.3 Å². The molecular weight excluding hydrogens is 430 g/mol. The number of para-hydroxylation sites is 1. The SMILES string of the molecule is Cc1cccc2c1nc(COc1ccc(Cl)cc1)n2CCC(C)CNCCc1ccccc1. The number of nitrogens with one attached hydrogen (secondary N) is 1. The average molecular weight is 462 g/mol. The van der Waals surface area contributed by atoms with Gasteiger partial charge in [-0.15, -0.1) is 0 Å². The molecule has 0 aliphatic heterocycles. The van der Waals surface area contributed by atoms with Crippen molar-refractivity contribution >= 4 is 22.6 Å². The molecule has 0 radical (unpaired) electrons. The second-order valence-electron chi connectivity index (χ2n) is 8.70. The van der Waals surface area contributed by atoms with Crippen LogP contribution in [-0.2, 0) is 19.6 Å². The summed E-state index contributed by atoms with van der Waals surface area (Å²) in [6.45, 7) is 7.78. The summed E-state index contributed by atoms with van der Waals surface area (Å²) in [6.07, 6.45) is 2.14. The first-order chi connectivity index (χ1) is 16.1. The molecule has 0 saturated heterocycles. The lowest BCUT2D eigenvalue weighted by Gasteiger charge is -2.15. The van der Waals surface area contributed by atoms with Gasteiger partial charge in [-0.1, -0.05) is 61.0 Å². The topological polar surface area (TPSA) is 39.1 Å². The van der Waals surface area contributed by atoms with Crippen LogP contribution in [0.2, 0.25) is 5.02 Å². The van der Waals surface area contributed by atoms with Crippen LogP contribution in [0.5, 0.6) is 5.75 Å². The van der Waals surface area contributed by atoms with E-state index in [4.69, 9.17) is 21.3 Å². The number of imidazole rings is 1. The fourth-order valence-electron chi connectivity index (χ4n) is 4.05. The summed E-state index contributed by atoms with van der Waals surface area (Å²) < 4.78 is 8.35. The van der Waals surface area contributed by atoms with Crippen molar-refractivity contribution in [2.75, 3.05) is 13.1 Å².